The lowest BCUT2D eigenvalue weighted by Crippen LogP contribution is -2.28. The van der Waals surface area contributed by atoms with Gasteiger partial charge in [0.25, 0.3) is 5.91 Å². The van der Waals surface area contributed by atoms with Gasteiger partial charge in [0.05, 0.1) is 13.7 Å². The normalized spacial score (nSPS) is 10.3. The van der Waals surface area contributed by atoms with Crippen molar-refractivity contribution in [2.24, 2.45) is 0 Å². The van der Waals surface area contributed by atoms with E-state index in [0.717, 1.165) is 11.3 Å². The highest BCUT2D eigenvalue weighted by Gasteiger charge is 2.10. The number of nitrogens with zero attached hydrogens (tertiary/aromatic N) is 2. The third-order valence-electron chi connectivity index (χ3n) is 3.37. The minimum atomic E-state index is -0.270. The van der Waals surface area contributed by atoms with Crippen molar-refractivity contribution in [1.82, 2.24) is 15.5 Å². The van der Waals surface area contributed by atoms with Crippen LogP contribution in [0.4, 0.5) is 0 Å². The van der Waals surface area contributed by atoms with Crippen molar-refractivity contribution >= 4 is 5.91 Å². The summed E-state index contributed by atoms with van der Waals surface area (Å²) in [6, 6.07) is 16.4. The first-order valence-electron chi connectivity index (χ1n) is 7.66. The van der Waals surface area contributed by atoms with Crippen LogP contribution in [-0.4, -0.2) is 29.8 Å². The van der Waals surface area contributed by atoms with E-state index in [4.69, 9.17) is 14.0 Å². The Balaban J connectivity index is 1.50. The summed E-state index contributed by atoms with van der Waals surface area (Å²) in [5, 5.41) is 6.58. The Bertz CT molecular complexity index is 816. The molecule has 0 saturated heterocycles. The molecule has 3 aromatic rings. The third kappa shape index (κ3) is 4.57. The SMILES string of the molecule is COc1ccc(-c2noc(CNC(=O)COc3ccccc3)n2)cc1. The number of para-hydroxylation sites is 1. The summed E-state index contributed by atoms with van der Waals surface area (Å²) in [7, 11) is 1.60. The average molecular weight is 339 g/mol. The van der Waals surface area contributed by atoms with E-state index < -0.39 is 0 Å². The van der Waals surface area contributed by atoms with Crippen LogP contribution in [-0.2, 0) is 11.3 Å². The molecule has 0 unspecified atom stereocenters. The fourth-order valence-electron chi connectivity index (χ4n) is 2.07. The quantitative estimate of drug-likeness (QED) is 0.711. The molecule has 1 aromatic heterocycles. The number of carbonyl (C=O) groups excluding carboxylic acids is 1. The van der Waals surface area contributed by atoms with E-state index in [1.54, 1.807) is 19.2 Å². The molecule has 25 heavy (non-hydrogen) atoms. The number of methoxy groups -OCH3 is 1. The Morgan fingerprint density at radius 1 is 1.08 bits per heavy atom. The van der Waals surface area contributed by atoms with E-state index >= 15 is 0 Å². The van der Waals surface area contributed by atoms with Crippen molar-refractivity contribution in [2.75, 3.05) is 13.7 Å². The van der Waals surface area contributed by atoms with Crippen molar-refractivity contribution in [3.8, 4) is 22.9 Å². The van der Waals surface area contributed by atoms with Gasteiger partial charge in [-0.25, -0.2) is 0 Å². The van der Waals surface area contributed by atoms with Crippen molar-refractivity contribution < 1.29 is 18.8 Å². The summed E-state index contributed by atoms with van der Waals surface area (Å²) in [6.07, 6.45) is 0. The van der Waals surface area contributed by atoms with Gasteiger partial charge in [-0.2, -0.15) is 4.98 Å². The molecule has 0 aliphatic rings. The van der Waals surface area contributed by atoms with Crippen LogP contribution in [0, 0.1) is 0 Å². The number of hydrogen-bond acceptors (Lipinski definition) is 6. The second-order valence-corrected chi connectivity index (χ2v) is 5.12. The van der Waals surface area contributed by atoms with Gasteiger partial charge in [0.2, 0.25) is 11.7 Å². The first-order valence-corrected chi connectivity index (χ1v) is 7.66. The number of nitrogens with one attached hydrogen (secondary N) is 1. The minimum Gasteiger partial charge on any atom is -0.497 e. The molecule has 0 aliphatic carbocycles. The number of amides is 1. The predicted molar refractivity (Wildman–Crippen MR) is 90.1 cm³/mol. The number of benzene rings is 2. The van der Waals surface area contributed by atoms with E-state index in [0.29, 0.717) is 17.5 Å². The monoisotopic (exact) mass is 339 g/mol. The zero-order valence-electron chi connectivity index (χ0n) is 13.6. The molecule has 0 radical (unpaired) electrons. The number of aromatic nitrogens is 2. The van der Waals surface area contributed by atoms with Gasteiger partial charge in [0, 0.05) is 5.56 Å². The van der Waals surface area contributed by atoms with Crippen LogP contribution in [0.3, 0.4) is 0 Å². The molecule has 1 heterocycles. The smallest absolute Gasteiger partial charge is 0.258 e. The standard InChI is InChI=1S/C18H17N3O4/c1-23-14-9-7-13(8-10-14)18-20-17(25-21-18)11-19-16(22)12-24-15-5-3-2-4-6-15/h2-10H,11-12H2,1H3,(H,19,22). The molecule has 0 fully saturated rings. The van der Waals surface area contributed by atoms with Gasteiger partial charge in [0.1, 0.15) is 11.5 Å². The molecule has 0 aliphatic heterocycles. The first-order chi connectivity index (χ1) is 12.2. The summed E-state index contributed by atoms with van der Waals surface area (Å²) in [5.41, 5.74) is 0.800. The molecule has 0 bridgehead atoms. The molecule has 1 N–H and O–H groups in total. The minimum absolute atomic E-state index is 0.0799. The Kier molecular flexibility index (Phi) is 5.26. The number of hydrogen-bond donors (Lipinski definition) is 1. The van der Waals surface area contributed by atoms with E-state index in [-0.39, 0.29) is 19.1 Å². The highest BCUT2D eigenvalue weighted by atomic mass is 16.5. The second kappa shape index (κ2) is 7.96. The van der Waals surface area contributed by atoms with Gasteiger partial charge in [-0.05, 0) is 36.4 Å². The molecule has 0 saturated carbocycles. The van der Waals surface area contributed by atoms with Gasteiger partial charge in [-0.1, -0.05) is 23.4 Å². The van der Waals surface area contributed by atoms with Crippen LogP contribution in [0.1, 0.15) is 5.89 Å². The molecule has 0 atom stereocenters. The molecular formula is C18H17N3O4. The number of rotatable bonds is 7. The van der Waals surface area contributed by atoms with Gasteiger partial charge >= 0.3 is 0 Å². The van der Waals surface area contributed by atoms with E-state index in [1.165, 1.54) is 0 Å². The summed E-state index contributed by atoms with van der Waals surface area (Å²) in [4.78, 5) is 16.0. The predicted octanol–water partition coefficient (Wildman–Crippen LogP) is 2.44. The van der Waals surface area contributed by atoms with Crippen molar-refractivity contribution in [3.63, 3.8) is 0 Å². The van der Waals surface area contributed by atoms with Gasteiger partial charge < -0.3 is 19.3 Å². The van der Waals surface area contributed by atoms with Crippen LogP contribution in [0.5, 0.6) is 11.5 Å². The van der Waals surface area contributed by atoms with E-state index in [1.807, 2.05) is 42.5 Å². The largest absolute Gasteiger partial charge is 0.497 e. The summed E-state index contributed by atoms with van der Waals surface area (Å²) in [5.74, 6) is 1.88. The van der Waals surface area contributed by atoms with Crippen LogP contribution in [0.2, 0.25) is 0 Å². The van der Waals surface area contributed by atoms with E-state index in [2.05, 4.69) is 15.5 Å². The molecule has 7 heteroatoms. The van der Waals surface area contributed by atoms with Crippen LogP contribution in [0.25, 0.3) is 11.4 Å². The molecule has 128 valence electrons. The molecule has 3 rings (SSSR count). The maximum atomic E-state index is 11.8. The Morgan fingerprint density at radius 2 is 1.84 bits per heavy atom. The lowest BCUT2D eigenvalue weighted by molar-refractivity contribution is -0.123. The highest BCUT2D eigenvalue weighted by Crippen LogP contribution is 2.19. The lowest BCUT2D eigenvalue weighted by atomic mass is 10.2. The summed E-state index contributed by atoms with van der Waals surface area (Å²) in [6.45, 7) is 0.0592. The lowest BCUT2D eigenvalue weighted by Gasteiger charge is -2.05. The van der Waals surface area contributed by atoms with Gasteiger partial charge in [-0.15, -0.1) is 0 Å². The van der Waals surface area contributed by atoms with Gasteiger partial charge in [0.15, 0.2) is 6.61 Å². The Labute approximate surface area is 144 Å². The summed E-state index contributed by atoms with van der Waals surface area (Å²) >= 11 is 0. The van der Waals surface area contributed by atoms with Crippen LogP contribution in [0.15, 0.2) is 59.1 Å². The maximum absolute atomic E-state index is 11.8. The van der Waals surface area contributed by atoms with E-state index in [9.17, 15) is 4.79 Å². The van der Waals surface area contributed by atoms with Crippen LogP contribution >= 0.6 is 0 Å². The van der Waals surface area contributed by atoms with Crippen molar-refractivity contribution in [1.29, 1.82) is 0 Å². The maximum Gasteiger partial charge on any atom is 0.258 e. The highest BCUT2D eigenvalue weighted by molar-refractivity contribution is 5.77. The van der Waals surface area contributed by atoms with Crippen LogP contribution < -0.4 is 14.8 Å². The second-order valence-electron chi connectivity index (χ2n) is 5.12. The molecule has 2 aromatic carbocycles. The van der Waals surface area contributed by atoms with Crippen molar-refractivity contribution in [2.45, 2.75) is 6.54 Å². The molecule has 1 amide bonds. The number of carbonyl (C=O) groups is 1. The zero-order valence-corrected chi connectivity index (χ0v) is 13.6. The molecule has 0 spiro atoms. The van der Waals surface area contributed by atoms with Gasteiger partial charge in [-0.3, -0.25) is 4.79 Å². The Hall–Kier alpha value is -3.35. The fraction of sp³-hybridized carbons (Fsp3) is 0.167. The average Bonchev–Trinajstić information content (AvgIpc) is 3.14. The first kappa shape index (κ1) is 16.5. The number of ether oxygens (including phenoxy) is 2. The zero-order chi connectivity index (χ0) is 17.5. The molecule has 7 nitrogen and oxygen atoms in total. The molecular weight excluding hydrogens is 322 g/mol. The fourth-order valence-corrected chi connectivity index (χ4v) is 2.07. The topological polar surface area (TPSA) is 86.5 Å². The van der Waals surface area contributed by atoms with Crippen molar-refractivity contribution in [3.05, 3.63) is 60.5 Å². The third-order valence-corrected chi connectivity index (χ3v) is 3.37. The Morgan fingerprint density at radius 3 is 2.56 bits per heavy atom. The summed E-state index contributed by atoms with van der Waals surface area (Å²) < 4.78 is 15.6.